The second-order valence-corrected chi connectivity index (χ2v) is 6.89. The lowest BCUT2D eigenvalue weighted by Crippen LogP contribution is -2.54. The minimum atomic E-state index is -3.46. The Balaban J connectivity index is 4.49. The molecule has 0 bridgehead atoms. The molecule has 0 saturated heterocycles. The predicted molar refractivity (Wildman–Crippen MR) is 73.8 cm³/mol. The van der Waals surface area contributed by atoms with Crippen molar-refractivity contribution in [1.82, 2.24) is 15.4 Å². The fraction of sp³-hybridized carbons (Fsp3) is 0.700. The van der Waals surface area contributed by atoms with Crippen molar-refractivity contribution in [1.29, 1.82) is 0 Å². The number of hydrogen-bond donors (Lipinski definition) is 5. The molecule has 0 aromatic heterocycles. The zero-order valence-corrected chi connectivity index (χ0v) is 12.8. The molecule has 0 spiro atoms. The second-order valence-electron chi connectivity index (χ2n) is 5.15. The average molecular weight is 324 g/mol. The maximum absolute atomic E-state index is 11.5. The highest BCUT2D eigenvalue weighted by Gasteiger charge is 2.25. The van der Waals surface area contributed by atoms with Gasteiger partial charge in [-0.25, -0.2) is 22.7 Å². The van der Waals surface area contributed by atoms with Gasteiger partial charge < -0.3 is 21.5 Å². The molecule has 1 atom stereocenters. The first-order valence-corrected chi connectivity index (χ1v) is 7.76. The number of carbonyl (C=O) groups is 3. The van der Waals surface area contributed by atoms with Gasteiger partial charge in [0, 0.05) is 12.1 Å². The molecule has 0 aliphatic heterocycles. The van der Waals surface area contributed by atoms with Crippen molar-refractivity contribution in [2.75, 3.05) is 12.8 Å². The highest BCUT2D eigenvalue weighted by molar-refractivity contribution is 7.88. The van der Waals surface area contributed by atoms with Crippen LogP contribution in [0.1, 0.15) is 20.3 Å². The molecule has 0 aromatic carbocycles. The van der Waals surface area contributed by atoms with Crippen LogP contribution in [0.3, 0.4) is 0 Å². The summed E-state index contributed by atoms with van der Waals surface area (Å²) >= 11 is 0. The molecule has 0 aliphatic rings. The van der Waals surface area contributed by atoms with Crippen LogP contribution in [0, 0.1) is 0 Å². The number of aliphatic carboxylic acids is 1. The molecule has 6 N–H and O–H groups in total. The van der Waals surface area contributed by atoms with E-state index < -0.39 is 45.9 Å². The van der Waals surface area contributed by atoms with Gasteiger partial charge in [0.1, 0.15) is 6.04 Å². The molecule has 11 heteroatoms. The lowest BCUT2D eigenvalue weighted by molar-refractivity contribution is -0.140. The van der Waals surface area contributed by atoms with E-state index in [0.717, 1.165) is 6.26 Å². The molecule has 0 rings (SSSR count). The van der Waals surface area contributed by atoms with E-state index in [2.05, 4.69) is 15.4 Å². The number of urea groups is 1. The first-order valence-electron chi connectivity index (χ1n) is 5.87. The largest absolute Gasteiger partial charge is 0.480 e. The van der Waals surface area contributed by atoms with Gasteiger partial charge in [0.15, 0.2) is 0 Å². The Morgan fingerprint density at radius 3 is 2.19 bits per heavy atom. The summed E-state index contributed by atoms with van der Waals surface area (Å²) in [5.74, 6) is -2.28. The number of carboxylic acid groups (broad SMARTS) is 1. The van der Waals surface area contributed by atoms with E-state index in [1.165, 1.54) is 13.8 Å². The van der Waals surface area contributed by atoms with Crippen molar-refractivity contribution in [2.24, 2.45) is 5.73 Å². The number of nitrogens with one attached hydrogen (secondary N) is 3. The third-order valence-corrected chi connectivity index (χ3v) is 3.08. The van der Waals surface area contributed by atoms with Crippen molar-refractivity contribution >= 4 is 27.9 Å². The number of hydrogen-bond acceptors (Lipinski definition) is 5. The quantitative estimate of drug-likeness (QED) is 0.344. The van der Waals surface area contributed by atoms with Crippen LogP contribution in [-0.4, -0.2) is 55.8 Å². The third-order valence-electron chi connectivity index (χ3n) is 2.16. The summed E-state index contributed by atoms with van der Waals surface area (Å²) in [4.78, 5) is 33.0. The second kappa shape index (κ2) is 7.22. The van der Waals surface area contributed by atoms with Crippen molar-refractivity contribution in [3.05, 3.63) is 0 Å². The summed E-state index contributed by atoms with van der Waals surface area (Å²) < 4.78 is 24.5. The molecule has 122 valence electrons. The number of primary amides is 1. The van der Waals surface area contributed by atoms with Crippen LogP contribution in [0.2, 0.25) is 0 Å². The first-order chi connectivity index (χ1) is 9.32. The van der Waals surface area contributed by atoms with Gasteiger partial charge in [0.05, 0.1) is 12.7 Å². The van der Waals surface area contributed by atoms with Crippen LogP contribution in [-0.2, 0) is 19.6 Å². The van der Waals surface area contributed by atoms with Crippen molar-refractivity contribution < 1.29 is 27.9 Å². The average Bonchev–Trinajstić information content (AvgIpc) is 2.21. The monoisotopic (exact) mass is 324 g/mol. The molecule has 1 unspecified atom stereocenters. The Labute approximate surface area is 122 Å². The summed E-state index contributed by atoms with van der Waals surface area (Å²) in [5, 5.41) is 13.2. The van der Waals surface area contributed by atoms with Crippen molar-refractivity contribution in [3.8, 4) is 0 Å². The number of amides is 3. The van der Waals surface area contributed by atoms with E-state index in [0.29, 0.717) is 0 Å². The zero-order chi connectivity index (χ0) is 16.8. The maximum atomic E-state index is 11.5. The van der Waals surface area contributed by atoms with Crippen LogP contribution in [0.4, 0.5) is 4.79 Å². The number of carboxylic acids is 1. The molecule has 0 fully saturated rings. The molecule has 0 aliphatic carbocycles. The van der Waals surface area contributed by atoms with Gasteiger partial charge in [-0.05, 0) is 13.8 Å². The molecule has 0 aromatic rings. The minimum Gasteiger partial charge on any atom is -0.480 e. The van der Waals surface area contributed by atoms with Gasteiger partial charge in [-0.1, -0.05) is 0 Å². The third kappa shape index (κ3) is 9.62. The Kier molecular flexibility index (Phi) is 6.57. The lowest BCUT2D eigenvalue weighted by atomic mass is 10.1. The standard InChI is InChI=1S/C10H20N4O6S/c1-10(2,14-21(3,19)20)5-12-9(18)13-6(8(16)17)4-7(11)15/h6,14H,4-5H2,1-3H3,(H2,11,15)(H,16,17)(H2,12,13,18). The molecule has 0 saturated carbocycles. The Morgan fingerprint density at radius 2 is 1.81 bits per heavy atom. The molecule has 3 amide bonds. The van der Waals surface area contributed by atoms with E-state index in [1.807, 2.05) is 0 Å². The smallest absolute Gasteiger partial charge is 0.326 e. The van der Waals surface area contributed by atoms with E-state index >= 15 is 0 Å². The lowest BCUT2D eigenvalue weighted by Gasteiger charge is -2.25. The van der Waals surface area contributed by atoms with Gasteiger partial charge in [-0.3, -0.25) is 4.79 Å². The SMILES string of the molecule is CC(C)(CNC(=O)NC(CC(N)=O)C(=O)O)NS(C)(=O)=O. The zero-order valence-electron chi connectivity index (χ0n) is 12.0. The normalized spacial score (nSPS) is 13.3. The molecule has 0 radical (unpaired) electrons. The van der Waals surface area contributed by atoms with E-state index in [4.69, 9.17) is 10.8 Å². The number of sulfonamides is 1. The van der Waals surface area contributed by atoms with Gasteiger partial charge in [0.2, 0.25) is 15.9 Å². The van der Waals surface area contributed by atoms with E-state index in [1.54, 1.807) is 0 Å². The highest BCUT2D eigenvalue weighted by atomic mass is 32.2. The number of nitrogens with two attached hydrogens (primary N) is 1. The fourth-order valence-corrected chi connectivity index (χ4v) is 2.53. The van der Waals surface area contributed by atoms with Crippen LogP contribution < -0.4 is 21.1 Å². The van der Waals surface area contributed by atoms with Crippen LogP contribution >= 0.6 is 0 Å². The molecule has 10 nitrogen and oxygen atoms in total. The van der Waals surface area contributed by atoms with Crippen molar-refractivity contribution in [2.45, 2.75) is 31.8 Å². The van der Waals surface area contributed by atoms with E-state index in [9.17, 15) is 22.8 Å². The molecule has 21 heavy (non-hydrogen) atoms. The van der Waals surface area contributed by atoms with Gasteiger partial charge in [-0.15, -0.1) is 0 Å². The van der Waals surface area contributed by atoms with Crippen LogP contribution in [0.25, 0.3) is 0 Å². The maximum Gasteiger partial charge on any atom is 0.326 e. The summed E-state index contributed by atoms with van der Waals surface area (Å²) in [5.41, 5.74) is 3.90. The number of rotatable bonds is 8. The molecule has 0 heterocycles. The number of carbonyl (C=O) groups excluding carboxylic acids is 2. The predicted octanol–water partition coefficient (Wildman–Crippen LogP) is -2.06. The minimum absolute atomic E-state index is 0.0885. The summed E-state index contributed by atoms with van der Waals surface area (Å²) in [7, 11) is -3.46. The Bertz CT molecular complexity index is 516. The van der Waals surface area contributed by atoms with Crippen molar-refractivity contribution in [3.63, 3.8) is 0 Å². The Morgan fingerprint density at radius 1 is 1.29 bits per heavy atom. The summed E-state index contributed by atoms with van der Waals surface area (Å²) in [6, 6.07) is -2.31. The topological polar surface area (TPSA) is 168 Å². The first kappa shape index (κ1) is 19.1. The van der Waals surface area contributed by atoms with Crippen LogP contribution in [0.5, 0.6) is 0 Å². The van der Waals surface area contributed by atoms with Gasteiger partial charge in [-0.2, -0.15) is 0 Å². The molecular formula is C10H20N4O6S. The summed E-state index contributed by atoms with van der Waals surface area (Å²) in [6.45, 7) is 2.98. The van der Waals surface area contributed by atoms with Gasteiger partial charge >= 0.3 is 12.0 Å². The Hall–Kier alpha value is -1.88. The van der Waals surface area contributed by atoms with Gasteiger partial charge in [0.25, 0.3) is 0 Å². The molecular weight excluding hydrogens is 304 g/mol. The highest BCUT2D eigenvalue weighted by Crippen LogP contribution is 2.02. The van der Waals surface area contributed by atoms with E-state index in [-0.39, 0.29) is 6.54 Å². The summed E-state index contributed by atoms with van der Waals surface area (Å²) in [6.07, 6.45) is 0.426. The fourth-order valence-electron chi connectivity index (χ4n) is 1.45. The van der Waals surface area contributed by atoms with Crippen LogP contribution in [0.15, 0.2) is 0 Å².